The van der Waals surface area contributed by atoms with E-state index >= 15 is 0 Å². The van der Waals surface area contributed by atoms with Gasteiger partial charge < -0.3 is 9.47 Å². The van der Waals surface area contributed by atoms with Crippen LogP contribution < -0.4 is 14.9 Å². The molecule has 0 spiro atoms. The van der Waals surface area contributed by atoms with Crippen molar-refractivity contribution in [2.24, 2.45) is 5.10 Å². The van der Waals surface area contributed by atoms with E-state index in [9.17, 15) is 13.2 Å². The highest BCUT2D eigenvalue weighted by Gasteiger charge is 2.30. The summed E-state index contributed by atoms with van der Waals surface area (Å²) in [6.45, 7) is 0. The minimum atomic E-state index is -4.41. The Morgan fingerprint density at radius 3 is 2.36 bits per heavy atom. The van der Waals surface area contributed by atoms with Gasteiger partial charge in [-0.2, -0.15) is 18.3 Å². The molecule has 0 fully saturated rings. The molecule has 2 aromatic rings. The number of methoxy groups -OCH3 is 2. The summed E-state index contributed by atoms with van der Waals surface area (Å²) in [4.78, 5) is 0. The summed E-state index contributed by atoms with van der Waals surface area (Å²) in [5, 5.41) is 3.98. The molecule has 0 bridgehead atoms. The number of benzene rings is 2. The molecule has 0 aromatic heterocycles. The normalized spacial score (nSPS) is 11.6. The second-order valence-electron chi connectivity index (χ2n) is 4.78. The van der Waals surface area contributed by atoms with Crippen LogP contribution in [-0.4, -0.2) is 20.4 Å². The number of rotatable bonds is 5. The Morgan fingerprint density at radius 1 is 1.08 bits per heavy atom. The lowest BCUT2D eigenvalue weighted by Gasteiger charge is -2.13. The first-order chi connectivity index (χ1) is 11.8. The fourth-order valence-electron chi connectivity index (χ4n) is 2.03. The summed E-state index contributed by atoms with van der Waals surface area (Å²) in [6.07, 6.45) is -2.97. The second kappa shape index (κ2) is 8.09. The summed E-state index contributed by atoms with van der Waals surface area (Å²) in [6, 6.07) is 6.50. The molecule has 0 unspecified atom stereocenters. The number of anilines is 1. The van der Waals surface area contributed by atoms with E-state index in [1.54, 1.807) is 6.07 Å². The SMILES string of the molecule is COc1c(Br)cc(C=NNc2cccc(C(F)(F)F)c2)c(OC)c1Br. The van der Waals surface area contributed by atoms with Crippen molar-refractivity contribution in [3.05, 3.63) is 50.4 Å². The first kappa shape index (κ1) is 19.6. The van der Waals surface area contributed by atoms with Crippen molar-refractivity contribution in [2.45, 2.75) is 6.18 Å². The van der Waals surface area contributed by atoms with Gasteiger partial charge in [-0.25, -0.2) is 0 Å². The van der Waals surface area contributed by atoms with Gasteiger partial charge in [0.2, 0.25) is 0 Å². The molecule has 1 N–H and O–H groups in total. The molecule has 0 saturated heterocycles. The minimum Gasteiger partial charge on any atom is -0.495 e. The molecular weight excluding hydrogens is 469 g/mol. The van der Waals surface area contributed by atoms with Crippen LogP contribution >= 0.6 is 31.9 Å². The maximum Gasteiger partial charge on any atom is 0.416 e. The van der Waals surface area contributed by atoms with Gasteiger partial charge in [0.1, 0.15) is 10.2 Å². The number of hydrogen-bond donors (Lipinski definition) is 1. The molecule has 4 nitrogen and oxygen atoms in total. The van der Waals surface area contributed by atoms with Crippen molar-refractivity contribution in [3.8, 4) is 11.5 Å². The fraction of sp³-hybridized carbons (Fsp3) is 0.188. The van der Waals surface area contributed by atoms with E-state index in [4.69, 9.17) is 9.47 Å². The monoisotopic (exact) mass is 480 g/mol. The Kier molecular flexibility index (Phi) is 6.34. The third kappa shape index (κ3) is 4.66. The van der Waals surface area contributed by atoms with Crippen molar-refractivity contribution in [1.82, 2.24) is 0 Å². The fourth-order valence-corrected chi connectivity index (χ4v) is 3.67. The maximum absolute atomic E-state index is 12.7. The molecule has 134 valence electrons. The molecule has 0 aliphatic heterocycles. The lowest BCUT2D eigenvalue weighted by molar-refractivity contribution is -0.137. The highest BCUT2D eigenvalue weighted by Crippen LogP contribution is 2.42. The Labute approximate surface area is 159 Å². The molecule has 2 rings (SSSR count). The van der Waals surface area contributed by atoms with Crippen LogP contribution in [-0.2, 0) is 6.18 Å². The van der Waals surface area contributed by atoms with Crippen LogP contribution in [0.3, 0.4) is 0 Å². The summed E-state index contributed by atoms with van der Waals surface area (Å²) >= 11 is 6.76. The van der Waals surface area contributed by atoms with Gasteiger partial charge in [-0.1, -0.05) is 6.07 Å². The van der Waals surface area contributed by atoms with Gasteiger partial charge in [-0.3, -0.25) is 5.43 Å². The summed E-state index contributed by atoms with van der Waals surface area (Å²) in [7, 11) is 3.01. The lowest BCUT2D eigenvalue weighted by Crippen LogP contribution is -2.05. The van der Waals surface area contributed by atoms with E-state index in [1.807, 2.05) is 0 Å². The number of alkyl halides is 3. The van der Waals surface area contributed by atoms with Gasteiger partial charge in [0.25, 0.3) is 0 Å². The van der Waals surface area contributed by atoms with Crippen LogP contribution in [0.25, 0.3) is 0 Å². The quantitative estimate of drug-likeness (QED) is 0.440. The molecule has 0 radical (unpaired) electrons. The number of ether oxygens (including phenoxy) is 2. The van der Waals surface area contributed by atoms with Gasteiger partial charge in [-0.15, -0.1) is 0 Å². The predicted octanol–water partition coefficient (Wildman–Crippen LogP) is 5.69. The average molecular weight is 482 g/mol. The first-order valence-corrected chi connectivity index (χ1v) is 8.42. The lowest BCUT2D eigenvalue weighted by atomic mass is 10.2. The maximum atomic E-state index is 12.7. The van der Waals surface area contributed by atoms with Crippen molar-refractivity contribution >= 4 is 43.8 Å². The second-order valence-corrected chi connectivity index (χ2v) is 6.42. The molecule has 2 aromatic carbocycles. The van der Waals surface area contributed by atoms with Crippen molar-refractivity contribution in [1.29, 1.82) is 0 Å². The van der Waals surface area contributed by atoms with Crippen molar-refractivity contribution < 1.29 is 22.6 Å². The van der Waals surface area contributed by atoms with Crippen LogP contribution in [0, 0.1) is 0 Å². The molecule has 0 amide bonds. The third-order valence-electron chi connectivity index (χ3n) is 3.16. The van der Waals surface area contributed by atoms with Crippen molar-refractivity contribution in [3.63, 3.8) is 0 Å². The van der Waals surface area contributed by atoms with Gasteiger partial charge in [0.15, 0.2) is 5.75 Å². The number of hydrogen-bond acceptors (Lipinski definition) is 4. The molecular formula is C16H13Br2F3N2O2. The van der Waals surface area contributed by atoms with Gasteiger partial charge in [0.05, 0.1) is 36.2 Å². The number of nitrogens with one attached hydrogen (secondary N) is 1. The molecule has 9 heteroatoms. The highest BCUT2D eigenvalue weighted by atomic mass is 79.9. The van der Waals surface area contributed by atoms with E-state index in [0.29, 0.717) is 26.0 Å². The minimum absolute atomic E-state index is 0.219. The molecule has 0 atom stereocenters. The zero-order chi connectivity index (χ0) is 18.6. The molecule has 0 heterocycles. The smallest absolute Gasteiger partial charge is 0.416 e. The largest absolute Gasteiger partial charge is 0.495 e. The molecule has 0 aliphatic rings. The standard InChI is InChI=1S/C16H13Br2F3N2O2/c1-24-14-9(6-12(17)15(25-2)13(14)18)8-22-23-11-5-3-4-10(7-11)16(19,20)21/h3-8,23H,1-2H3. The van der Waals surface area contributed by atoms with E-state index in [-0.39, 0.29) is 5.69 Å². The summed E-state index contributed by atoms with van der Waals surface area (Å²) in [5.74, 6) is 1.04. The first-order valence-electron chi connectivity index (χ1n) is 6.84. The predicted molar refractivity (Wildman–Crippen MR) is 97.6 cm³/mol. The Bertz CT molecular complexity index is 796. The topological polar surface area (TPSA) is 42.8 Å². The number of halogens is 5. The Hall–Kier alpha value is -1.74. The van der Waals surface area contributed by atoms with Gasteiger partial charge >= 0.3 is 6.18 Å². The van der Waals surface area contributed by atoms with E-state index in [1.165, 1.54) is 32.6 Å². The highest BCUT2D eigenvalue weighted by molar-refractivity contribution is 9.11. The zero-order valence-electron chi connectivity index (χ0n) is 13.1. The Balaban J connectivity index is 2.26. The van der Waals surface area contributed by atoms with Crippen LogP contribution in [0.15, 0.2) is 44.4 Å². The van der Waals surface area contributed by atoms with Crippen LogP contribution in [0.2, 0.25) is 0 Å². The van der Waals surface area contributed by atoms with Crippen LogP contribution in [0.4, 0.5) is 18.9 Å². The van der Waals surface area contributed by atoms with Crippen LogP contribution in [0.1, 0.15) is 11.1 Å². The van der Waals surface area contributed by atoms with Gasteiger partial charge in [-0.05, 0) is 56.1 Å². The van der Waals surface area contributed by atoms with E-state index in [2.05, 4.69) is 42.4 Å². The zero-order valence-corrected chi connectivity index (χ0v) is 16.3. The molecule has 0 aliphatic carbocycles. The number of hydrazone groups is 1. The van der Waals surface area contributed by atoms with Crippen molar-refractivity contribution in [2.75, 3.05) is 19.6 Å². The average Bonchev–Trinajstić information content (AvgIpc) is 2.55. The summed E-state index contributed by atoms with van der Waals surface area (Å²) in [5.41, 5.74) is 2.64. The van der Waals surface area contributed by atoms with E-state index < -0.39 is 11.7 Å². The summed E-state index contributed by atoms with van der Waals surface area (Å²) < 4.78 is 50.0. The van der Waals surface area contributed by atoms with Gasteiger partial charge in [0, 0.05) is 5.56 Å². The molecule has 0 saturated carbocycles. The third-order valence-corrected chi connectivity index (χ3v) is 4.46. The van der Waals surface area contributed by atoms with E-state index in [0.717, 1.165) is 12.1 Å². The van der Waals surface area contributed by atoms with Crippen LogP contribution in [0.5, 0.6) is 11.5 Å². The Morgan fingerprint density at radius 2 is 1.76 bits per heavy atom. The molecule has 25 heavy (non-hydrogen) atoms. The number of nitrogens with zero attached hydrogens (tertiary/aromatic N) is 1.